The van der Waals surface area contributed by atoms with E-state index in [9.17, 15) is 0 Å². The number of allylic oxidation sites excluding steroid dienone is 12. The molecule has 0 atom stereocenters. The second kappa shape index (κ2) is 12.0. The van der Waals surface area contributed by atoms with Crippen molar-refractivity contribution in [3.63, 3.8) is 0 Å². The Labute approximate surface area is 295 Å². The summed E-state index contributed by atoms with van der Waals surface area (Å²) in [5.41, 5.74) is 15.8. The minimum absolute atomic E-state index is 0.0552. The van der Waals surface area contributed by atoms with Gasteiger partial charge in [0.05, 0.1) is 45.6 Å². The van der Waals surface area contributed by atoms with Gasteiger partial charge in [-0.05, 0) is 93.3 Å². The Morgan fingerprint density at radius 1 is 0.380 bits per heavy atom. The number of rotatable bonds is 3. The van der Waals surface area contributed by atoms with Crippen LogP contribution in [-0.4, -0.2) is 22.8 Å². The zero-order valence-electron chi connectivity index (χ0n) is 29.5. The molecule has 0 spiro atoms. The molecule has 8 rings (SSSR count). The number of hydrogen-bond donors (Lipinski definition) is 0. The van der Waals surface area contributed by atoms with Gasteiger partial charge in [-0.2, -0.15) is 0 Å². The molecule has 0 unspecified atom stereocenters. The molecule has 50 heavy (non-hydrogen) atoms. The molecule has 4 heteroatoms. The third-order valence-electron chi connectivity index (χ3n) is 9.58. The molecule has 0 aromatic heterocycles. The molecule has 5 heterocycles. The summed E-state index contributed by atoms with van der Waals surface area (Å²) < 4.78 is 0. The van der Waals surface area contributed by atoms with E-state index in [1.165, 1.54) is 11.1 Å². The van der Waals surface area contributed by atoms with Crippen LogP contribution < -0.4 is 0 Å². The van der Waals surface area contributed by atoms with Gasteiger partial charge in [0.2, 0.25) is 0 Å². The molecule has 0 N–H and O–H groups in total. The fourth-order valence-corrected chi connectivity index (χ4v) is 6.79. The monoisotopic (exact) mass is 648 g/mol. The van der Waals surface area contributed by atoms with Gasteiger partial charge in [-0.3, -0.25) is 0 Å². The molecule has 0 saturated heterocycles. The SMILES string of the molecule is CC(C)(C)c1ccc(C2=C3C=CC(=N3)C=C3C=CC(=N3)C(c3ccc(C(C)(C)C)cc3)=C3C=CC(=N3)C(c3ccccc3)=C3C=CC2=N3)cc1. The number of aliphatic imine (C=N–C) groups is 4. The summed E-state index contributed by atoms with van der Waals surface area (Å²) in [6.45, 7) is 13.4. The summed E-state index contributed by atoms with van der Waals surface area (Å²) in [6.07, 6.45) is 18.8. The number of benzene rings is 3. The highest BCUT2D eigenvalue weighted by Crippen LogP contribution is 2.37. The lowest BCUT2D eigenvalue weighted by molar-refractivity contribution is 0.590. The Morgan fingerprint density at radius 2 is 0.800 bits per heavy atom. The van der Waals surface area contributed by atoms with Crippen LogP contribution in [0.2, 0.25) is 0 Å². The Morgan fingerprint density at radius 3 is 1.30 bits per heavy atom. The van der Waals surface area contributed by atoms with Crippen molar-refractivity contribution >= 4 is 39.6 Å². The quantitative estimate of drug-likeness (QED) is 0.271. The molecule has 5 aliphatic heterocycles. The van der Waals surface area contributed by atoms with Crippen molar-refractivity contribution in [2.45, 2.75) is 52.4 Å². The van der Waals surface area contributed by atoms with Gasteiger partial charge in [0.1, 0.15) is 0 Å². The van der Waals surface area contributed by atoms with E-state index in [0.717, 1.165) is 79.0 Å². The first-order chi connectivity index (χ1) is 24.0. The Bertz CT molecular complexity index is 2250. The molecule has 3 aromatic rings. The van der Waals surface area contributed by atoms with Crippen molar-refractivity contribution < 1.29 is 0 Å². The largest absolute Gasteiger partial charge is 0.248 e. The van der Waals surface area contributed by atoms with Gasteiger partial charge in [0.15, 0.2) is 0 Å². The first-order valence-corrected chi connectivity index (χ1v) is 17.3. The Hall–Kier alpha value is -5.74. The number of nitrogens with zero attached hydrogens (tertiary/aromatic N) is 4. The van der Waals surface area contributed by atoms with Gasteiger partial charge >= 0.3 is 0 Å². The van der Waals surface area contributed by atoms with E-state index in [-0.39, 0.29) is 10.8 Å². The molecule has 0 fully saturated rings. The standard InChI is InChI=1S/C46H40N4/c1-45(2,3)32-16-12-30(13-17-32)43-36-22-20-34(47-36)28-35-21-23-37(48-35)44(31-14-18-33(19-15-31)46(4,5)6)41-27-25-39(50-41)42(29-10-8-7-9-11-29)38-24-26-40(43)49-38/h7-28H,1-6H3. The maximum absolute atomic E-state index is 5.33. The second-order valence-electron chi connectivity index (χ2n) is 15.2. The van der Waals surface area contributed by atoms with Gasteiger partial charge in [-0.1, -0.05) is 120 Å². The summed E-state index contributed by atoms with van der Waals surface area (Å²) in [6, 6.07) is 28.1. The first-order valence-electron chi connectivity index (χ1n) is 17.3. The zero-order chi connectivity index (χ0) is 34.6. The van der Waals surface area contributed by atoms with E-state index in [4.69, 9.17) is 20.0 Å². The molecule has 5 aliphatic rings. The molecular formula is C46H40N4. The average molecular weight is 649 g/mol. The molecule has 0 amide bonds. The smallest absolute Gasteiger partial charge is 0.0738 e. The highest BCUT2D eigenvalue weighted by atomic mass is 14.9. The fourth-order valence-electron chi connectivity index (χ4n) is 6.79. The first kappa shape index (κ1) is 31.5. The van der Waals surface area contributed by atoms with Crippen molar-refractivity contribution in [3.05, 3.63) is 184 Å². The van der Waals surface area contributed by atoms with Crippen molar-refractivity contribution in [2.75, 3.05) is 0 Å². The summed E-state index contributed by atoms with van der Waals surface area (Å²) in [5, 5.41) is 0. The van der Waals surface area contributed by atoms with Gasteiger partial charge in [0, 0.05) is 16.7 Å². The zero-order valence-corrected chi connectivity index (χ0v) is 29.5. The van der Waals surface area contributed by atoms with Crippen LogP contribution >= 0.6 is 0 Å². The minimum atomic E-state index is 0.0552. The highest BCUT2D eigenvalue weighted by Gasteiger charge is 2.26. The third kappa shape index (κ3) is 5.92. The van der Waals surface area contributed by atoms with Crippen LogP contribution in [-0.2, 0) is 10.8 Å². The lowest BCUT2D eigenvalue weighted by atomic mass is 9.85. The maximum Gasteiger partial charge on any atom is 0.0738 e. The Balaban J connectivity index is 1.36. The predicted octanol–water partition coefficient (Wildman–Crippen LogP) is 10.8. The van der Waals surface area contributed by atoms with E-state index in [1.807, 2.05) is 6.07 Å². The van der Waals surface area contributed by atoms with Gasteiger partial charge in [0.25, 0.3) is 0 Å². The van der Waals surface area contributed by atoms with Crippen molar-refractivity contribution in [3.8, 4) is 0 Å². The van der Waals surface area contributed by atoms with Gasteiger partial charge in [-0.15, -0.1) is 0 Å². The molecule has 0 radical (unpaired) electrons. The van der Waals surface area contributed by atoms with Crippen molar-refractivity contribution in [2.24, 2.45) is 20.0 Å². The molecule has 8 bridgehead atoms. The summed E-state index contributed by atoms with van der Waals surface area (Å²) in [7, 11) is 0. The lowest BCUT2D eigenvalue weighted by Crippen LogP contribution is -2.11. The van der Waals surface area contributed by atoms with Crippen LogP contribution in [0.25, 0.3) is 16.7 Å². The lowest BCUT2D eigenvalue weighted by Gasteiger charge is -2.19. The molecular weight excluding hydrogens is 609 g/mol. The van der Waals surface area contributed by atoms with Gasteiger partial charge in [-0.25, -0.2) is 20.0 Å². The highest BCUT2D eigenvalue weighted by molar-refractivity contribution is 6.37. The maximum atomic E-state index is 5.33. The topological polar surface area (TPSA) is 49.4 Å². The van der Waals surface area contributed by atoms with Crippen LogP contribution in [0, 0.1) is 0 Å². The normalized spacial score (nSPS) is 18.2. The van der Waals surface area contributed by atoms with E-state index in [0.29, 0.717) is 0 Å². The van der Waals surface area contributed by atoms with E-state index in [2.05, 4.69) is 169 Å². The summed E-state index contributed by atoms with van der Waals surface area (Å²) >= 11 is 0. The Kier molecular flexibility index (Phi) is 7.56. The van der Waals surface area contributed by atoms with E-state index in [1.54, 1.807) is 0 Å². The number of hydrogen-bond acceptors (Lipinski definition) is 4. The predicted molar refractivity (Wildman–Crippen MR) is 212 cm³/mol. The van der Waals surface area contributed by atoms with Crippen LogP contribution in [0.1, 0.15) is 69.4 Å². The van der Waals surface area contributed by atoms with Crippen LogP contribution in [0.4, 0.5) is 0 Å². The summed E-state index contributed by atoms with van der Waals surface area (Å²) in [5.74, 6) is 0. The second-order valence-corrected chi connectivity index (χ2v) is 15.2. The third-order valence-corrected chi connectivity index (χ3v) is 9.58. The van der Waals surface area contributed by atoms with Gasteiger partial charge < -0.3 is 0 Å². The minimum Gasteiger partial charge on any atom is -0.248 e. The van der Waals surface area contributed by atoms with Crippen molar-refractivity contribution in [1.82, 2.24) is 0 Å². The van der Waals surface area contributed by atoms with Crippen LogP contribution in [0.5, 0.6) is 0 Å². The van der Waals surface area contributed by atoms with Crippen LogP contribution in [0.15, 0.2) is 176 Å². The molecule has 0 saturated carbocycles. The number of fused-ring (bicyclic) bond motifs is 4. The van der Waals surface area contributed by atoms with Crippen molar-refractivity contribution in [1.29, 1.82) is 0 Å². The average Bonchev–Trinajstić information content (AvgIpc) is 3.92. The molecule has 244 valence electrons. The molecule has 0 aliphatic carbocycles. The van der Waals surface area contributed by atoms with Crippen LogP contribution in [0.3, 0.4) is 0 Å². The molecule has 3 aromatic carbocycles. The van der Waals surface area contributed by atoms with E-state index < -0.39 is 0 Å². The van der Waals surface area contributed by atoms with E-state index >= 15 is 0 Å². The molecule has 4 nitrogen and oxygen atoms in total. The summed E-state index contributed by atoms with van der Waals surface area (Å²) in [4.78, 5) is 20.9. The fraction of sp³-hybridized carbons (Fsp3) is 0.174.